The summed E-state index contributed by atoms with van der Waals surface area (Å²) in [4.78, 5) is 32.6. The van der Waals surface area contributed by atoms with Gasteiger partial charge in [0.2, 0.25) is 11.8 Å². The summed E-state index contributed by atoms with van der Waals surface area (Å²) in [5.41, 5.74) is 3.86. The Kier molecular flexibility index (Phi) is 5.63. The molecule has 1 aliphatic rings. The Morgan fingerprint density at radius 2 is 1.90 bits per heavy atom. The van der Waals surface area contributed by atoms with Gasteiger partial charge in [-0.1, -0.05) is 17.8 Å². The van der Waals surface area contributed by atoms with E-state index in [-0.39, 0.29) is 11.8 Å². The van der Waals surface area contributed by atoms with Crippen molar-refractivity contribution in [2.24, 2.45) is 13.0 Å². The van der Waals surface area contributed by atoms with Crippen LogP contribution in [-0.4, -0.2) is 27.9 Å². The number of amides is 2. The second-order valence-electron chi connectivity index (χ2n) is 7.54. The summed E-state index contributed by atoms with van der Waals surface area (Å²) < 4.78 is 1.95. The van der Waals surface area contributed by atoms with Crippen LogP contribution in [0, 0.1) is 19.8 Å². The van der Waals surface area contributed by atoms with Gasteiger partial charge in [0.25, 0.3) is 0 Å². The lowest BCUT2D eigenvalue weighted by Crippen LogP contribution is -2.33. The number of hydrogen-bond acceptors (Lipinski definition) is 4. The van der Waals surface area contributed by atoms with Gasteiger partial charge in [0.1, 0.15) is 5.92 Å². The van der Waals surface area contributed by atoms with Crippen molar-refractivity contribution >= 4 is 35.0 Å². The van der Waals surface area contributed by atoms with Crippen molar-refractivity contribution in [2.75, 3.05) is 16.8 Å². The number of aryl methyl sites for hydroxylation is 3. The molecule has 1 saturated heterocycles. The van der Waals surface area contributed by atoms with Crippen molar-refractivity contribution in [3.63, 3.8) is 0 Å². The van der Waals surface area contributed by atoms with Crippen molar-refractivity contribution in [3.05, 3.63) is 66.0 Å². The van der Waals surface area contributed by atoms with Crippen molar-refractivity contribution in [2.45, 2.75) is 30.3 Å². The van der Waals surface area contributed by atoms with Crippen LogP contribution < -0.4 is 10.2 Å². The first-order valence-corrected chi connectivity index (χ1v) is 10.7. The van der Waals surface area contributed by atoms with Crippen molar-refractivity contribution < 1.29 is 9.59 Å². The minimum Gasteiger partial charge on any atom is -0.329 e. The zero-order chi connectivity index (χ0) is 21.3. The van der Waals surface area contributed by atoms with Gasteiger partial charge < -0.3 is 14.8 Å². The topological polar surface area (TPSA) is 67.2 Å². The van der Waals surface area contributed by atoms with Gasteiger partial charge in [-0.2, -0.15) is 0 Å². The lowest BCUT2D eigenvalue weighted by atomic mass is 10.1. The number of hydrogen-bond donors (Lipinski definition) is 1. The summed E-state index contributed by atoms with van der Waals surface area (Å²) in [6.45, 7) is 4.62. The quantitative estimate of drug-likeness (QED) is 0.629. The van der Waals surface area contributed by atoms with Crippen LogP contribution in [0.1, 0.15) is 17.5 Å². The fourth-order valence-electron chi connectivity index (χ4n) is 3.46. The highest BCUT2D eigenvalue weighted by atomic mass is 32.2. The van der Waals surface area contributed by atoms with Crippen LogP contribution in [0.4, 0.5) is 11.4 Å². The Labute approximate surface area is 180 Å². The minimum absolute atomic E-state index is 0.141. The van der Waals surface area contributed by atoms with Crippen LogP contribution in [0.3, 0.4) is 0 Å². The summed E-state index contributed by atoms with van der Waals surface area (Å²) in [5, 5.41) is 3.79. The Morgan fingerprint density at radius 3 is 2.57 bits per heavy atom. The van der Waals surface area contributed by atoms with E-state index in [0.717, 1.165) is 21.3 Å². The van der Waals surface area contributed by atoms with Crippen molar-refractivity contribution in [1.29, 1.82) is 0 Å². The molecule has 7 heteroatoms. The maximum Gasteiger partial charge on any atom is 0.239 e. The average molecular weight is 421 g/mol. The van der Waals surface area contributed by atoms with Gasteiger partial charge in [0.15, 0.2) is 5.16 Å². The highest BCUT2D eigenvalue weighted by Crippen LogP contribution is 2.29. The number of benzene rings is 2. The van der Waals surface area contributed by atoms with Gasteiger partial charge in [0.05, 0.1) is 0 Å². The molecule has 0 radical (unpaired) electrons. The first-order chi connectivity index (χ1) is 14.4. The van der Waals surface area contributed by atoms with E-state index >= 15 is 0 Å². The van der Waals surface area contributed by atoms with Crippen LogP contribution >= 0.6 is 11.8 Å². The average Bonchev–Trinajstić information content (AvgIpc) is 3.31. The summed E-state index contributed by atoms with van der Waals surface area (Å²) in [6, 6.07) is 13.5. The van der Waals surface area contributed by atoms with Crippen LogP contribution in [-0.2, 0) is 16.6 Å². The van der Waals surface area contributed by atoms with Crippen molar-refractivity contribution in [1.82, 2.24) is 9.55 Å². The van der Waals surface area contributed by atoms with E-state index in [4.69, 9.17) is 0 Å². The smallest absolute Gasteiger partial charge is 0.239 e. The summed E-state index contributed by atoms with van der Waals surface area (Å²) >= 11 is 1.55. The molecule has 1 unspecified atom stereocenters. The lowest BCUT2D eigenvalue weighted by Gasteiger charge is -2.18. The zero-order valence-corrected chi connectivity index (χ0v) is 18.1. The molecule has 2 amide bonds. The fraction of sp³-hybridized carbons (Fsp3) is 0.261. The summed E-state index contributed by atoms with van der Waals surface area (Å²) in [5.74, 6) is -1.05. The number of anilines is 2. The van der Waals surface area contributed by atoms with Gasteiger partial charge in [-0.25, -0.2) is 4.98 Å². The molecule has 1 N–H and O–H groups in total. The first kappa shape index (κ1) is 20.2. The molecule has 3 aromatic rings. The third kappa shape index (κ3) is 4.11. The van der Waals surface area contributed by atoms with E-state index in [2.05, 4.69) is 10.3 Å². The monoisotopic (exact) mass is 420 g/mol. The Bertz CT molecular complexity index is 1090. The number of rotatable bonds is 5. The van der Waals surface area contributed by atoms with E-state index < -0.39 is 5.92 Å². The van der Waals surface area contributed by atoms with Crippen LogP contribution in [0.2, 0.25) is 0 Å². The summed E-state index contributed by atoms with van der Waals surface area (Å²) in [7, 11) is 1.95. The highest BCUT2D eigenvalue weighted by Gasteiger charge is 2.37. The molecule has 0 spiro atoms. The minimum atomic E-state index is -0.659. The number of imidazole rings is 1. The molecule has 154 valence electrons. The molecule has 30 heavy (non-hydrogen) atoms. The van der Waals surface area contributed by atoms with Crippen molar-refractivity contribution in [3.8, 4) is 0 Å². The number of carbonyl (C=O) groups excluding carboxylic acids is 2. The molecule has 1 atom stereocenters. The molecule has 2 aromatic carbocycles. The molecule has 4 rings (SSSR count). The highest BCUT2D eigenvalue weighted by molar-refractivity contribution is 7.99. The molecule has 0 saturated carbocycles. The molecule has 0 bridgehead atoms. The van der Waals surface area contributed by atoms with Gasteiger partial charge in [0, 0.05) is 42.3 Å². The Balaban J connectivity index is 1.39. The Morgan fingerprint density at radius 1 is 1.13 bits per heavy atom. The first-order valence-electron chi connectivity index (χ1n) is 9.87. The third-order valence-corrected chi connectivity index (χ3v) is 6.52. The number of nitrogens with zero attached hydrogens (tertiary/aromatic N) is 3. The van der Waals surface area contributed by atoms with Crippen LogP contribution in [0.15, 0.2) is 64.9 Å². The molecular formula is C23H24N4O2S. The van der Waals surface area contributed by atoms with Gasteiger partial charge >= 0.3 is 0 Å². The molecule has 1 aromatic heterocycles. The summed E-state index contributed by atoms with van der Waals surface area (Å²) in [6.07, 6.45) is 4.18. The lowest BCUT2D eigenvalue weighted by molar-refractivity contribution is -0.129. The van der Waals surface area contributed by atoms with Gasteiger partial charge in [-0.15, -0.1) is 0 Å². The predicted octanol–water partition coefficient (Wildman–Crippen LogP) is 4.18. The zero-order valence-electron chi connectivity index (χ0n) is 17.3. The molecule has 6 nitrogen and oxygen atoms in total. The molecule has 1 fully saturated rings. The second-order valence-corrected chi connectivity index (χ2v) is 8.58. The second kappa shape index (κ2) is 8.36. The molecule has 2 heterocycles. The van der Waals surface area contributed by atoms with E-state index in [1.54, 1.807) is 22.9 Å². The van der Waals surface area contributed by atoms with Crippen LogP contribution in [0.5, 0.6) is 0 Å². The van der Waals surface area contributed by atoms with E-state index in [1.807, 2.05) is 74.1 Å². The fourth-order valence-corrected chi connectivity index (χ4v) is 4.27. The number of aromatic nitrogens is 2. The standard InChI is InChI=1S/C23H24N4O2S/c1-15-4-7-18(14-16(15)2)27-12-10-20(22(27)29)21(28)25-17-5-8-19(9-6-17)30-23-24-11-13-26(23)3/h4-9,11,13-14,20H,10,12H2,1-3H3,(H,25,28). The maximum atomic E-state index is 12.9. The van der Waals surface area contributed by atoms with Gasteiger partial charge in [-0.05, 0) is 67.8 Å². The predicted molar refractivity (Wildman–Crippen MR) is 119 cm³/mol. The molecule has 0 aliphatic carbocycles. The number of carbonyl (C=O) groups is 2. The molecule has 1 aliphatic heterocycles. The number of nitrogens with one attached hydrogen (secondary N) is 1. The SMILES string of the molecule is Cc1ccc(N2CCC(C(=O)Nc3ccc(Sc4nccn4C)cc3)C2=O)cc1C. The Hall–Kier alpha value is -3.06. The molecular weight excluding hydrogens is 396 g/mol. The van der Waals surface area contributed by atoms with Crippen LogP contribution in [0.25, 0.3) is 0 Å². The largest absolute Gasteiger partial charge is 0.329 e. The van der Waals surface area contributed by atoms with E-state index in [0.29, 0.717) is 18.7 Å². The normalized spacial score (nSPS) is 16.2. The maximum absolute atomic E-state index is 12.9. The van der Waals surface area contributed by atoms with E-state index in [9.17, 15) is 9.59 Å². The van der Waals surface area contributed by atoms with Gasteiger partial charge in [-0.3, -0.25) is 9.59 Å². The third-order valence-electron chi connectivity index (χ3n) is 5.43. The van der Waals surface area contributed by atoms with E-state index in [1.165, 1.54) is 5.56 Å².